The Labute approximate surface area is 111 Å². The Balaban J connectivity index is 2.71. The van der Waals surface area contributed by atoms with E-state index < -0.39 is 0 Å². The first kappa shape index (κ1) is 12.7. The van der Waals surface area contributed by atoms with E-state index in [2.05, 4.69) is 4.98 Å². The number of imidazole rings is 1. The third-order valence-corrected chi connectivity index (χ3v) is 3.78. The zero-order chi connectivity index (χ0) is 13.3. The van der Waals surface area contributed by atoms with E-state index in [0.29, 0.717) is 0 Å². The number of aromatic nitrogens is 2. The highest BCUT2D eigenvalue weighted by Crippen LogP contribution is 2.27. The number of aryl methyl sites for hydroxylation is 1. The molecule has 1 aromatic carbocycles. The molecule has 94 valence electrons. The summed E-state index contributed by atoms with van der Waals surface area (Å²) in [4.78, 5) is 5.30. The number of amidine groups is 1. The third-order valence-electron chi connectivity index (χ3n) is 3.00. The van der Waals surface area contributed by atoms with Crippen LogP contribution < -0.4 is 5.73 Å². The van der Waals surface area contributed by atoms with Crippen LogP contribution in [-0.4, -0.2) is 21.6 Å². The zero-order valence-electron chi connectivity index (χ0n) is 10.7. The van der Waals surface area contributed by atoms with Crippen molar-refractivity contribution >= 4 is 17.6 Å². The molecule has 0 aliphatic carbocycles. The summed E-state index contributed by atoms with van der Waals surface area (Å²) in [6.45, 7) is 3.98. The lowest BCUT2D eigenvalue weighted by Gasteiger charge is -2.14. The van der Waals surface area contributed by atoms with Crippen molar-refractivity contribution in [3.8, 4) is 5.69 Å². The fraction of sp³-hybridized carbons (Fsp3) is 0.231. The van der Waals surface area contributed by atoms with E-state index >= 15 is 0 Å². The van der Waals surface area contributed by atoms with E-state index in [9.17, 15) is 0 Å². The van der Waals surface area contributed by atoms with Crippen molar-refractivity contribution in [1.29, 1.82) is 5.41 Å². The highest BCUT2D eigenvalue weighted by Gasteiger charge is 2.14. The lowest BCUT2D eigenvalue weighted by atomic mass is 10.1. The number of nitrogens with zero attached hydrogens (tertiary/aromatic N) is 2. The van der Waals surface area contributed by atoms with Crippen LogP contribution in [0, 0.1) is 19.3 Å². The molecule has 1 heterocycles. The molecule has 1 aromatic heterocycles. The highest BCUT2D eigenvalue weighted by atomic mass is 32.2. The van der Waals surface area contributed by atoms with Gasteiger partial charge in [0.15, 0.2) is 0 Å². The molecule has 0 fully saturated rings. The molecule has 18 heavy (non-hydrogen) atoms. The molecule has 0 aliphatic rings. The van der Waals surface area contributed by atoms with E-state index in [4.69, 9.17) is 11.1 Å². The Morgan fingerprint density at radius 2 is 2.11 bits per heavy atom. The topological polar surface area (TPSA) is 67.7 Å². The first-order valence-electron chi connectivity index (χ1n) is 5.58. The molecule has 5 heteroatoms. The predicted molar refractivity (Wildman–Crippen MR) is 75.8 cm³/mol. The van der Waals surface area contributed by atoms with E-state index in [1.807, 2.05) is 42.9 Å². The van der Waals surface area contributed by atoms with Crippen molar-refractivity contribution in [3.05, 3.63) is 41.5 Å². The van der Waals surface area contributed by atoms with E-state index in [1.54, 1.807) is 18.1 Å². The van der Waals surface area contributed by atoms with Gasteiger partial charge in [0.1, 0.15) is 5.84 Å². The molecule has 0 spiro atoms. The van der Waals surface area contributed by atoms with Crippen LogP contribution in [0.2, 0.25) is 0 Å². The van der Waals surface area contributed by atoms with Gasteiger partial charge in [0.2, 0.25) is 0 Å². The van der Waals surface area contributed by atoms with E-state index in [0.717, 1.165) is 27.5 Å². The van der Waals surface area contributed by atoms with Crippen LogP contribution in [0.5, 0.6) is 0 Å². The number of hydrogen-bond acceptors (Lipinski definition) is 3. The summed E-state index contributed by atoms with van der Waals surface area (Å²) in [5, 5.41) is 7.78. The average Bonchev–Trinajstić information content (AvgIpc) is 2.69. The monoisotopic (exact) mass is 260 g/mol. The minimum absolute atomic E-state index is 0.0840. The molecule has 4 nitrogen and oxygen atoms in total. The molecule has 0 aliphatic heterocycles. The van der Waals surface area contributed by atoms with Crippen molar-refractivity contribution in [2.24, 2.45) is 5.73 Å². The number of nitrogens with two attached hydrogens (primary N) is 1. The zero-order valence-corrected chi connectivity index (χ0v) is 11.5. The maximum absolute atomic E-state index is 7.78. The second-order valence-corrected chi connectivity index (χ2v) is 4.90. The van der Waals surface area contributed by atoms with Crippen LogP contribution in [0.4, 0.5) is 0 Å². The Bertz CT molecular complexity index is 601. The summed E-state index contributed by atoms with van der Waals surface area (Å²) in [5.41, 5.74) is 9.45. The molecule has 0 saturated heterocycles. The average molecular weight is 260 g/mol. The molecule has 0 bridgehead atoms. The van der Waals surface area contributed by atoms with Gasteiger partial charge < -0.3 is 10.3 Å². The molecule has 3 N–H and O–H groups in total. The summed E-state index contributed by atoms with van der Waals surface area (Å²) < 4.78 is 1.98. The second-order valence-electron chi connectivity index (χ2n) is 4.05. The van der Waals surface area contributed by atoms with E-state index in [1.165, 1.54) is 0 Å². The number of benzene rings is 1. The maximum atomic E-state index is 7.78. The van der Waals surface area contributed by atoms with Crippen LogP contribution in [0.1, 0.15) is 17.0 Å². The Morgan fingerprint density at radius 1 is 1.39 bits per heavy atom. The van der Waals surface area contributed by atoms with Crippen molar-refractivity contribution in [1.82, 2.24) is 9.55 Å². The largest absolute Gasteiger partial charge is 0.384 e. The lowest BCUT2D eigenvalue weighted by Crippen LogP contribution is -2.16. The van der Waals surface area contributed by atoms with Crippen LogP contribution in [0.3, 0.4) is 0 Å². The smallest absolute Gasteiger partial charge is 0.126 e. The summed E-state index contributed by atoms with van der Waals surface area (Å²) in [6.07, 6.45) is 3.76. The standard InChI is InChI=1S/C13H16N4S/c1-8-9(2)17(7-16-8)10-5-4-6-11(18-3)12(10)13(14)15/h4-7H,1-3H3,(H3,14,15). The molecule has 2 aromatic rings. The lowest BCUT2D eigenvalue weighted by molar-refractivity contribution is 0.988. The van der Waals surface area contributed by atoms with Crippen molar-refractivity contribution in [2.45, 2.75) is 18.7 Å². The van der Waals surface area contributed by atoms with E-state index in [-0.39, 0.29) is 5.84 Å². The van der Waals surface area contributed by atoms with Gasteiger partial charge in [-0.15, -0.1) is 11.8 Å². The SMILES string of the molecule is CSc1cccc(-n2cnc(C)c2C)c1C(=N)N. The van der Waals surface area contributed by atoms with Gasteiger partial charge in [-0.05, 0) is 32.2 Å². The fourth-order valence-electron chi connectivity index (χ4n) is 1.90. The molecule has 0 unspecified atom stereocenters. The summed E-state index contributed by atoms with van der Waals surface area (Å²) >= 11 is 1.59. The third kappa shape index (κ3) is 2.01. The Hall–Kier alpha value is -1.75. The molecule has 0 radical (unpaired) electrons. The van der Waals surface area contributed by atoms with Gasteiger partial charge in [-0.1, -0.05) is 6.07 Å². The Kier molecular flexibility index (Phi) is 3.43. The number of rotatable bonds is 3. The van der Waals surface area contributed by atoms with Gasteiger partial charge in [-0.3, -0.25) is 5.41 Å². The van der Waals surface area contributed by atoms with Gasteiger partial charge in [-0.2, -0.15) is 0 Å². The number of hydrogen-bond donors (Lipinski definition) is 2. The second kappa shape index (κ2) is 4.86. The predicted octanol–water partition coefficient (Wildman–Crippen LogP) is 2.50. The van der Waals surface area contributed by atoms with Crippen LogP contribution >= 0.6 is 11.8 Å². The van der Waals surface area contributed by atoms with Gasteiger partial charge in [0.05, 0.1) is 23.3 Å². The molecule has 0 atom stereocenters. The number of nitrogen functional groups attached to an aromatic ring is 1. The molecular weight excluding hydrogens is 244 g/mol. The molecule has 2 rings (SSSR count). The molecule has 0 amide bonds. The molecular formula is C13H16N4S. The van der Waals surface area contributed by atoms with Gasteiger partial charge in [-0.25, -0.2) is 4.98 Å². The normalized spacial score (nSPS) is 10.6. The first-order chi connectivity index (χ1) is 8.56. The fourth-order valence-corrected chi connectivity index (χ4v) is 2.54. The first-order valence-corrected chi connectivity index (χ1v) is 6.81. The number of thioether (sulfide) groups is 1. The Morgan fingerprint density at radius 3 is 2.61 bits per heavy atom. The highest BCUT2D eigenvalue weighted by molar-refractivity contribution is 7.98. The number of nitrogens with one attached hydrogen (secondary N) is 1. The van der Waals surface area contributed by atoms with Gasteiger partial charge in [0.25, 0.3) is 0 Å². The summed E-state index contributed by atoms with van der Waals surface area (Å²) in [7, 11) is 0. The van der Waals surface area contributed by atoms with Crippen LogP contribution in [0.25, 0.3) is 5.69 Å². The minimum atomic E-state index is 0.0840. The van der Waals surface area contributed by atoms with Crippen molar-refractivity contribution in [2.75, 3.05) is 6.26 Å². The maximum Gasteiger partial charge on any atom is 0.126 e. The molecule has 0 saturated carbocycles. The minimum Gasteiger partial charge on any atom is -0.384 e. The van der Waals surface area contributed by atoms with Crippen molar-refractivity contribution in [3.63, 3.8) is 0 Å². The van der Waals surface area contributed by atoms with Crippen LogP contribution in [-0.2, 0) is 0 Å². The summed E-state index contributed by atoms with van der Waals surface area (Å²) in [5.74, 6) is 0.0840. The van der Waals surface area contributed by atoms with Crippen molar-refractivity contribution < 1.29 is 0 Å². The van der Waals surface area contributed by atoms with Gasteiger partial charge in [0, 0.05) is 10.6 Å². The quantitative estimate of drug-likeness (QED) is 0.506. The van der Waals surface area contributed by atoms with Gasteiger partial charge >= 0.3 is 0 Å². The summed E-state index contributed by atoms with van der Waals surface area (Å²) in [6, 6.07) is 5.91. The van der Waals surface area contributed by atoms with Crippen LogP contribution in [0.15, 0.2) is 29.4 Å².